The van der Waals surface area contributed by atoms with Gasteiger partial charge in [0.1, 0.15) is 19.0 Å². The van der Waals surface area contributed by atoms with Gasteiger partial charge in [-0.1, -0.05) is 41.1 Å². The van der Waals surface area contributed by atoms with Gasteiger partial charge in [-0.15, -0.1) is 0 Å². The number of halogens is 1. The Balaban J connectivity index is 1.37. The van der Waals surface area contributed by atoms with Gasteiger partial charge in [-0.05, 0) is 73.0 Å². The second-order valence-electron chi connectivity index (χ2n) is 8.11. The molecule has 0 fully saturated rings. The van der Waals surface area contributed by atoms with Gasteiger partial charge in [0.15, 0.2) is 16.5 Å². The fraction of sp³-hybridized carbons (Fsp3) is 0.185. The van der Waals surface area contributed by atoms with Crippen LogP contribution in [-0.2, 0) is 0 Å². The molecule has 0 spiro atoms. The third-order valence-corrected chi connectivity index (χ3v) is 7.02. The van der Waals surface area contributed by atoms with Gasteiger partial charge in [-0.25, -0.2) is 9.38 Å². The van der Waals surface area contributed by atoms with Crippen LogP contribution in [-0.4, -0.2) is 29.7 Å². The number of ether oxygens (including phenoxy) is 3. The molecule has 35 heavy (non-hydrogen) atoms. The van der Waals surface area contributed by atoms with E-state index in [2.05, 4.69) is 11.9 Å². The number of fused-ring (bicyclic) bond motifs is 3. The number of methoxy groups -OCH3 is 1. The van der Waals surface area contributed by atoms with E-state index in [9.17, 15) is 4.79 Å². The summed E-state index contributed by atoms with van der Waals surface area (Å²) in [6.07, 6.45) is 1.79. The monoisotopic (exact) mass is 506 g/mol. The fourth-order valence-electron chi connectivity index (χ4n) is 3.83. The van der Waals surface area contributed by atoms with Crippen molar-refractivity contribution >= 4 is 45.0 Å². The third-order valence-electron chi connectivity index (χ3n) is 5.77. The van der Waals surface area contributed by atoms with Crippen LogP contribution in [0.5, 0.6) is 17.2 Å². The van der Waals surface area contributed by atoms with Crippen LogP contribution in [0.15, 0.2) is 59.4 Å². The number of para-hydroxylation sites is 2. The molecule has 2 aromatic heterocycles. The molecule has 0 N–H and O–H groups in total. The zero-order valence-electron chi connectivity index (χ0n) is 19.5. The molecule has 0 aliphatic rings. The molecule has 0 atom stereocenters. The fourth-order valence-corrected chi connectivity index (χ4v) is 5.09. The summed E-state index contributed by atoms with van der Waals surface area (Å²) in [5, 5.41) is 0.390. The minimum absolute atomic E-state index is 0.113. The molecule has 0 saturated carbocycles. The molecular formula is C27H23ClN2O4S. The summed E-state index contributed by atoms with van der Waals surface area (Å²) >= 11 is 7.87. The summed E-state index contributed by atoms with van der Waals surface area (Å²) in [7, 11) is 1.55. The largest absolute Gasteiger partial charge is 0.493 e. The standard InChI is InChI=1S/C27H23ClN2O4S/c1-16-8-9-19(12-17(16)2)33-10-11-34-25-20(28)13-18(14-23(25)32-3)15-24-26(31)30-22-7-5-4-6-21(22)29-27(30)35-24/h4-9,12-15H,10-11H2,1-3H3. The SMILES string of the molecule is COc1cc(C=c2sc3nc4ccccc4n3c2=O)cc(Cl)c1OCCOc1ccc(C)c(C)c1. The summed E-state index contributed by atoms with van der Waals surface area (Å²) in [4.78, 5) is 18.3. The first-order chi connectivity index (χ1) is 16.9. The Kier molecular flexibility index (Phi) is 6.36. The predicted molar refractivity (Wildman–Crippen MR) is 141 cm³/mol. The van der Waals surface area contributed by atoms with Gasteiger partial charge in [0.2, 0.25) is 0 Å². The number of imidazole rings is 1. The quantitative estimate of drug-likeness (QED) is 0.284. The van der Waals surface area contributed by atoms with Gasteiger partial charge in [0.05, 0.1) is 27.7 Å². The maximum atomic E-state index is 13.0. The molecule has 0 saturated heterocycles. The Morgan fingerprint density at radius 2 is 1.83 bits per heavy atom. The average molecular weight is 507 g/mol. The number of hydrogen-bond donors (Lipinski definition) is 0. The summed E-state index contributed by atoms with van der Waals surface area (Å²) in [5.74, 6) is 1.71. The van der Waals surface area contributed by atoms with E-state index >= 15 is 0 Å². The number of hydrogen-bond acceptors (Lipinski definition) is 6. The van der Waals surface area contributed by atoms with Crippen LogP contribution in [0.25, 0.3) is 22.1 Å². The highest BCUT2D eigenvalue weighted by atomic mass is 35.5. The normalized spacial score (nSPS) is 11.9. The van der Waals surface area contributed by atoms with E-state index in [0.717, 1.165) is 22.3 Å². The van der Waals surface area contributed by atoms with Gasteiger partial charge in [0, 0.05) is 0 Å². The highest BCUT2D eigenvalue weighted by Crippen LogP contribution is 2.36. The number of thiazole rings is 1. The van der Waals surface area contributed by atoms with Crippen molar-refractivity contribution in [1.82, 2.24) is 9.38 Å². The molecule has 0 bridgehead atoms. The molecule has 5 aromatic rings. The number of nitrogens with zero attached hydrogens (tertiary/aromatic N) is 2. The van der Waals surface area contributed by atoms with Gasteiger partial charge in [-0.2, -0.15) is 0 Å². The lowest BCUT2D eigenvalue weighted by Crippen LogP contribution is -2.22. The maximum Gasteiger partial charge on any atom is 0.274 e. The van der Waals surface area contributed by atoms with Crippen LogP contribution in [0.3, 0.4) is 0 Å². The molecule has 8 heteroatoms. The minimum atomic E-state index is -0.113. The van der Waals surface area contributed by atoms with Crippen molar-refractivity contribution in [1.29, 1.82) is 0 Å². The average Bonchev–Trinajstić information content (AvgIpc) is 3.35. The molecule has 6 nitrogen and oxygen atoms in total. The van der Waals surface area contributed by atoms with Crippen LogP contribution >= 0.6 is 22.9 Å². The first kappa shape index (κ1) is 23.2. The molecule has 0 unspecified atom stereocenters. The summed E-state index contributed by atoms with van der Waals surface area (Å²) in [6.45, 7) is 4.77. The van der Waals surface area contributed by atoms with Crippen molar-refractivity contribution in [2.75, 3.05) is 20.3 Å². The topological polar surface area (TPSA) is 62.1 Å². The van der Waals surface area contributed by atoms with Gasteiger partial charge in [0.25, 0.3) is 5.56 Å². The second kappa shape index (κ2) is 9.60. The first-order valence-electron chi connectivity index (χ1n) is 11.1. The van der Waals surface area contributed by atoms with Gasteiger partial charge < -0.3 is 14.2 Å². The van der Waals surface area contributed by atoms with Crippen LogP contribution < -0.4 is 24.3 Å². The maximum absolute atomic E-state index is 13.0. The van der Waals surface area contributed by atoms with E-state index in [0.29, 0.717) is 39.2 Å². The van der Waals surface area contributed by atoms with Crippen LogP contribution in [0.1, 0.15) is 16.7 Å². The number of aryl methyl sites for hydroxylation is 2. The lowest BCUT2D eigenvalue weighted by molar-refractivity contribution is 0.211. The van der Waals surface area contributed by atoms with E-state index in [1.54, 1.807) is 29.7 Å². The second-order valence-corrected chi connectivity index (χ2v) is 9.53. The first-order valence-corrected chi connectivity index (χ1v) is 12.3. The molecule has 2 heterocycles. The van der Waals surface area contributed by atoms with Crippen molar-refractivity contribution in [3.8, 4) is 17.2 Å². The number of benzene rings is 3. The Bertz CT molecular complexity index is 1660. The summed E-state index contributed by atoms with van der Waals surface area (Å²) in [5.41, 5.74) is 4.61. The molecule has 5 rings (SSSR count). The van der Waals surface area contributed by atoms with Crippen molar-refractivity contribution < 1.29 is 14.2 Å². The third kappa shape index (κ3) is 4.57. The van der Waals surface area contributed by atoms with Gasteiger partial charge in [-0.3, -0.25) is 4.79 Å². The highest BCUT2D eigenvalue weighted by molar-refractivity contribution is 7.15. The molecular weight excluding hydrogens is 484 g/mol. The van der Waals surface area contributed by atoms with Crippen molar-refractivity contribution in [2.24, 2.45) is 0 Å². The Morgan fingerprint density at radius 3 is 2.63 bits per heavy atom. The van der Waals surface area contributed by atoms with E-state index in [4.69, 9.17) is 25.8 Å². The Morgan fingerprint density at radius 1 is 1.03 bits per heavy atom. The minimum Gasteiger partial charge on any atom is -0.493 e. The highest BCUT2D eigenvalue weighted by Gasteiger charge is 2.14. The van der Waals surface area contributed by atoms with Crippen LogP contribution in [0, 0.1) is 13.8 Å². The lowest BCUT2D eigenvalue weighted by Gasteiger charge is -2.14. The predicted octanol–water partition coefficient (Wildman–Crippen LogP) is 5.19. The smallest absolute Gasteiger partial charge is 0.274 e. The zero-order valence-corrected chi connectivity index (χ0v) is 21.1. The van der Waals surface area contributed by atoms with Crippen LogP contribution in [0.2, 0.25) is 5.02 Å². The van der Waals surface area contributed by atoms with Crippen molar-refractivity contribution in [3.63, 3.8) is 0 Å². The number of rotatable bonds is 7. The molecule has 0 amide bonds. The van der Waals surface area contributed by atoms with E-state index in [1.807, 2.05) is 49.4 Å². The van der Waals surface area contributed by atoms with E-state index in [-0.39, 0.29) is 5.56 Å². The summed E-state index contributed by atoms with van der Waals surface area (Å²) < 4.78 is 19.4. The number of aromatic nitrogens is 2. The van der Waals surface area contributed by atoms with Crippen molar-refractivity contribution in [2.45, 2.75) is 13.8 Å². The van der Waals surface area contributed by atoms with Crippen LogP contribution in [0.4, 0.5) is 0 Å². The molecule has 0 aliphatic carbocycles. The Hall–Kier alpha value is -3.55. The molecule has 178 valence electrons. The molecule has 0 aliphatic heterocycles. The van der Waals surface area contributed by atoms with E-state index in [1.165, 1.54) is 22.5 Å². The molecule has 3 aromatic carbocycles. The zero-order chi connectivity index (χ0) is 24.5. The van der Waals surface area contributed by atoms with Gasteiger partial charge >= 0.3 is 0 Å². The summed E-state index contributed by atoms with van der Waals surface area (Å²) in [6, 6.07) is 17.1. The van der Waals surface area contributed by atoms with Crippen molar-refractivity contribution in [3.05, 3.63) is 91.2 Å². The molecule has 0 radical (unpaired) electrons. The van der Waals surface area contributed by atoms with E-state index < -0.39 is 0 Å². The lowest BCUT2D eigenvalue weighted by atomic mass is 10.1. The Labute approximate surface area is 211 Å².